The summed E-state index contributed by atoms with van der Waals surface area (Å²) in [5.74, 6) is -2.76. The Morgan fingerprint density at radius 2 is 1.60 bits per heavy atom. The lowest BCUT2D eigenvalue weighted by molar-refractivity contribution is -0.148. The number of ether oxygens (including phenoxy) is 1. The summed E-state index contributed by atoms with van der Waals surface area (Å²) in [5, 5.41) is 6.51. The zero-order valence-corrected chi connectivity index (χ0v) is 22.2. The van der Waals surface area contributed by atoms with Gasteiger partial charge in [0.25, 0.3) is 5.91 Å². The van der Waals surface area contributed by atoms with Gasteiger partial charge in [-0.25, -0.2) is 4.79 Å². The van der Waals surface area contributed by atoms with Gasteiger partial charge in [-0.1, -0.05) is 47.6 Å². The zero-order valence-electron chi connectivity index (χ0n) is 18.5. The molecular weight excluding hydrogens is 558 g/mol. The molecule has 11 heteroatoms. The Morgan fingerprint density at radius 1 is 0.971 bits per heavy atom. The van der Waals surface area contributed by atoms with Crippen molar-refractivity contribution in [3.63, 3.8) is 0 Å². The van der Waals surface area contributed by atoms with Crippen LogP contribution in [0.3, 0.4) is 0 Å². The SMILES string of the molecule is COC(=O)C1(NC(=O)c2cc(NC(=O)[C@H]3[C@H](c4cc(Cl)cc(Cl)c4)C3(Cl)Cl)ccc2Cl)CCCC1. The Hall–Kier alpha value is -1.70. The van der Waals surface area contributed by atoms with Crippen LogP contribution in [0.15, 0.2) is 36.4 Å². The van der Waals surface area contributed by atoms with E-state index in [0.29, 0.717) is 34.1 Å². The van der Waals surface area contributed by atoms with Gasteiger partial charge in [-0.05, 0) is 54.8 Å². The van der Waals surface area contributed by atoms with Gasteiger partial charge >= 0.3 is 5.97 Å². The van der Waals surface area contributed by atoms with E-state index >= 15 is 0 Å². The second kappa shape index (κ2) is 9.98. The minimum atomic E-state index is -1.35. The number of halogens is 5. The number of carbonyl (C=O) groups is 3. The molecule has 2 aliphatic carbocycles. The highest BCUT2D eigenvalue weighted by Gasteiger charge is 2.67. The molecule has 2 aliphatic rings. The average Bonchev–Trinajstić information content (AvgIpc) is 3.11. The van der Waals surface area contributed by atoms with Crippen LogP contribution in [0.5, 0.6) is 0 Å². The third-order valence-electron chi connectivity index (χ3n) is 6.44. The van der Waals surface area contributed by atoms with Crippen molar-refractivity contribution in [2.24, 2.45) is 5.92 Å². The van der Waals surface area contributed by atoms with E-state index in [1.807, 2.05) is 0 Å². The Labute approximate surface area is 227 Å². The predicted molar refractivity (Wildman–Crippen MR) is 138 cm³/mol. The maximum atomic E-state index is 13.1. The quantitative estimate of drug-likeness (QED) is 0.307. The minimum Gasteiger partial charge on any atom is -0.467 e. The summed E-state index contributed by atoms with van der Waals surface area (Å²) < 4.78 is 3.56. The Balaban J connectivity index is 1.51. The van der Waals surface area contributed by atoms with E-state index in [1.54, 1.807) is 24.3 Å². The molecule has 0 saturated heterocycles. The molecule has 0 spiro atoms. The molecule has 2 fully saturated rings. The molecule has 0 aliphatic heterocycles. The Kier molecular flexibility index (Phi) is 7.52. The third kappa shape index (κ3) is 5.23. The van der Waals surface area contributed by atoms with Gasteiger partial charge in [0.05, 0.1) is 23.6 Å². The van der Waals surface area contributed by atoms with Gasteiger partial charge in [-0.15, -0.1) is 23.2 Å². The van der Waals surface area contributed by atoms with Crippen LogP contribution in [0, 0.1) is 5.92 Å². The van der Waals surface area contributed by atoms with Gasteiger partial charge < -0.3 is 15.4 Å². The van der Waals surface area contributed by atoms with Crippen molar-refractivity contribution >= 4 is 81.5 Å². The molecule has 2 N–H and O–H groups in total. The molecule has 4 rings (SSSR count). The van der Waals surface area contributed by atoms with E-state index in [0.717, 1.165) is 12.8 Å². The molecule has 2 saturated carbocycles. The summed E-state index contributed by atoms with van der Waals surface area (Å²) in [4.78, 5) is 38.4. The van der Waals surface area contributed by atoms with Crippen molar-refractivity contribution in [1.82, 2.24) is 5.32 Å². The number of benzene rings is 2. The van der Waals surface area contributed by atoms with Crippen LogP contribution in [0.25, 0.3) is 0 Å². The first-order valence-corrected chi connectivity index (χ1v) is 12.7. The fourth-order valence-electron chi connectivity index (χ4n) is 4.66. The molecule has 35 heavy (non-hydrogen) atoms. The van der Waals surface area contributed by atoms with Gasteiger partial charge in [0, 0.05) is 21.7 Å². The molecule has 0 radical (unpaired) electrons. The summed E-state index contributed by atoms with van der Waals surface area (Å²) >= 11 is 31.3. The van der Waals surface area contributed by atoms with Gasteiger partial charge in [0.2, 0.25) is 5.91 Å². The van der Waals surface area contributed by atoms with Crippen LogP contribution in [-0.4, -0.2) is 34.8 Å². The van der Waals surface area contributed by atoms with Crippen LogP contribution < -0.4 is 10.6 Å². The Morgan fingerprint density at radius 3 is 2.20 bits per heavy atom. The summed E-state index contributed by atoms with van der Waals surface area (Å²) in [5.41, 5.74) is -0.0165. The number of anilines is 1. The van der Waals surface area contributed by atoms with E-state index in [1.165, 1.54) is 19.2 Å². The average molecular weight is 579 g/mol. The topological polar surface area (TPSA) is 84.5 Å². The minimum absolute atomic E-state index is 0.108. The van der Waals surface area contributed by atoms with Crippen LogP contribution in [0.2, 0.25) is 15.1 Å². The third-order valence-corrected chi connectivity index (χ3v) is 8.15. The van der Waals surface area contributed by atoms with Crippen molar-refractivity contribution in [3.05, 3.63) is 62.6 Å². The number of carbonyl (C=O) groups excluding carboxylic acids is 3. The number of esters is 1. The van der Waals surface area contributed by atoms with Crippen molar-refractivity contribution in [2.45, 2.75) is 41.5 Å². The maximum absolute atomic E-state index is 13.1. The van der Waals surface area contributed by atoms with E-state index in [2.05, 4.69) is 10.6 Å². The molecule has 2 aromatic carbocycles. The van der Waals surface area contributed by atoms with Crippen LogP contribution in [-0.2, 0) is 14.3 Å². The summed E-state index contributed by atoms with van der Waals surface area (Å²) in [7, 11) is 1.29. The first-order valence-electron chi connectivity index (χ1n) is 10.8. The molecule has 0 heterocycles. The molecule has 6 nitrogen and oxygen atoms in total. The number of alkyl halides is 2. The first kappa shape index (κ1) is 26.4. The maximum Gasteiger partial charge on any atom is 0.331 e. The highest BCUT2D eigenvalue weighted by molar-refractivity contribution is 6.53. The lowest BCUT2D eigenvalue weighted by atomic mass is 9.97. The number of rotatable bonds is 6. The molecule has 0 bridgehead atoms. The van der Waals surface area contributed by atoms with E-state index in [9.17, 15) is 14.4 Å². The molecule has 2 aromatic rings. The van der Waals surface area contributed by atoms with Crippen molar-refractivity contribution in [3.8, 4) is 0 Å². The standard InChI is InChI=1S/C24H21Cl5N2O4/c1-35-22(34)23(6-2-3-7-23)31-20(32)16-11-15(4-5-17(16)27)30-21(33)19-18(24(19,28)29)12-8-13(25)10-14(26)9-12/h4-5,8-11,18-19H,2-3,6-7H2,1H3,(H,30,33)(H,31,32)/t18-,19+/m0/s1. The van der Waals surface area contributed by atoms with Crippen molar-refractivity contribution in [1.29, 1.82) is 0 Å². The smallest absolute Gasteiger partial charge is 0.331 e. The fourth-order valence-corrected chi connectivity index (χ4v) is 6.23. The van der Waals surface area contributed by atoms with Gasteiger partial charge in [-0.2, -0.15) is 0 Å². The fraction of sp³-hybridized carbons (Fsp3) is 0.375. The highest BCUT2D eigenvalue weighted by Crippen LogP contribution is 2.65. The molecule has 0 aromatic heterocycles. The number of hydrogen-bond acceptors (Lipinski definition) is 4. The summed E-state index contributed by atoms with van der Waals surface area (Å²) in [6.07, 6.45) is 2.53. The van der Waals surface area contributed by atoms with Gasteiger partial charge in [0.15, 0.2) is 0 Å². The van der Waals surface area contributed by atoms with Crippen molar-refractivity contribution < 1.29 is 19.1 Å². The van der Waals surface area contributed by atoms with E-state index in [-0.39, 0.29) is 10.6 Å². The van der Waals surface area contributed by atoms with Crippen LogP contribution in [0.1, 0.15) is 47.5 Å². The van der Waals surface area contributed by atoms with E-state index < -0.39 is 39.5 Å². The summed E-state index contributed by atoms with van der Waals surface area (Å²) in [6, 6.07) is 9.38. The molecule has 186 valence electrons. The largest absolute Gasteiger partial charge is 0.467 e. The molecular formula is C24H21Cl5N2O4. The van der Waals surface area contributed by atoms with Crippen LogP contribution >= 0.6 is 58.0 Å². The molecule has 2 atom stereocenters. The van der Waals surface area contributed by atoms with Gasteiger partial charge in [0.1, 0.15) is 9.87 Å². The number of nitrogens with one attached hydrogen (secondary N) is 2. The number of amides is 2. The van der Waals surface area contributed by atoms with Gasteiger partial charge in [-0.3, -0.25) is 9.59 Å². The first-order chi connectivity index (χ1) is 16.5. The van der Waals surface area contributed by atoms with Crippen molar-refractivity contribution in [2.75, 3.05) is 12.4 Å². The second-order valence-electron chi connectivity index (χ2n) is 8.75. The van der Waals surface area contributed by atoms with E-state index in [4.69, 9.17) is 62.7 Å². The predicted octanol–water partition coefficient (Wildman–Crippen LogP) is 6.39. The number of hydrogen-bond donors (Lipinski definition) is 2. The molecule has 2 amide bonds. The number of methoxy groups -OCH3 is 1. The monoisotopic (exact) mass is 576 g/mol. The van der Waals surface area contributed by atoms with Crippen LogP contribution in [0.4, 0.5) is 5.69 Å². The normalized spacial score (nSPS) is 21.8. The Bertz CT molecular complexity index is 1180. The zero-order chi connectivity index (χ0) is 25.5. The lowest BCUT2D eigenvalue weighted by Gasteiger charge is -2.27. The lowest BCUT2D eigenvalue weighted by Crippen LogP contribution is -2.53. The summed E-state index contributed by atoms with van der Waals surface area (Å²) in [6.45, 7) is 0. The highest BCUT2D eigenvalue weighted by atomic mass is 35.5. The molecule has 0 unspecified atom stereocenters. The second-order valence-corrected chi connectivity index (χ2v) is 11.5.